The normalized spacial score (nSPS) is 15.4. The lowest BCUT2D eigenvalue weighted by Crippen LogP contribution is -2.56. The topological polar surface area (TPSA) is 122 Å². The number of ether oxygens (including phenoxy) is 2. The van der Waals surface area contributed by atoms with Crippen molar-refractivity contribution in [3.8, 4) is 0 Å². The summed E-state index contributed by atoms with van der Waals surface area (Å²) in [5, 5.41) is 11.4. The first-order valence-corrected chi connectivity index (χ1v) is 8.71. The third-order valence-electron chi connectivity index (χ3n) is 3.77. The quantitative estimate of drug-likeness (QED) is 0.616. The van der Waals surface area contributed by atoms with Crippen molar-refractivity contribution in [3.05, 3.63) is 0 Å². The second-order valence-corrected chi connectivity index (χ2v) is 7.15. The highest BCUT2D eigenvalue weighted by atomic mass is 16.6. The van der Waals surface area contributed by atoms with Gasteiger partial charge in [-0.2, -0.15) is 0 Å². The van der Waals surface area contributed by atoms with Crippen LogP contribution in [-0.2, 0) is 23.9 Å². The largest absolute Gasteiger partial charge is 0.481 e. The molecule has 0 aromatic rings. The number of carboxylic acids is 1. The number of hydrogen-bond acceptors (Lipinski definition) is 6. The van der Waals surface area contributed by atoms with Crippen LogP contribution in [0.3, 0.4) is 0 Å². The standard InChI is InChI=1S/C17H28N2O7/c1-5-25-14(22)10-19(11-7-6-8-11)15(23)12(9-13(20)21)18-16(24)26-17(2,3)4/h11-12H,5-10H2,1-4H3,(H,18,24)(H,20,21)/t12-/m0/s1. The van der Waals surface area contributed by atoms with Crippen molar-refractivity contribution in [1.82, 2.24) is 10.2 Å². The molecule has 0 radical (unpaired) electrons. The lowest BCUT2D eigenvalue weighted by atomic mass is 9.90. The van der Waals surface area contributed by atoms with Crippen LogP contribution in [0.2, 0.25) is 0 Å². The maximum atomic E-state index is 12.8. The number of amides is 2. The summed E-state index contributed by atoms with van der Waals surface area (Å²) in [5.74, 6) is -2.45. The van der Waals surface area contributed by atoms with Gasteiger partial charge in [0.25, 0.3) is 0 Å². The Kier molecular flexibility index (Phi) is 7.85. The summed E-state index contributed by atoms with van der Waals surface area (Å²) in [7, 11) is 0. The van der Waals surface area contributed by atoms with Gasteiger partial charge in [-0.1, -0.05) is 0 Å². The third-order valence-corrected chi connectivity index (χ3v) is 3.77. The summed E-state index contributed by atoms with van der Waals surface area (Å²) in [5.41, 5.74) is -0.792. The summed E-state index contributed by atoms with van der Waals surface area (Å²) in [4.78, 5) is 49.0. The zero-order valence-corrected chi connectivity index (χ0v) is 15.7. The van der Waals surface area contributed by atoms with Crippen molar-refractivity contribution in [2.24, 2.45) is 0 Å². The Balaban J connectivity index is 2.89. The summed E-state index contributed by atoms with van der Waals surface area (Å²) < 4.78 is 9.98. The lowest BCUT2D eigenvalue weighted by Gasteiger charge is -2.38. The highest BCUT2D eigenvalue weighted by Gasteiger charge is 2.36. The monoisotopic (exact) mass is 372 g/mol. The fraction of sp³-hybridized carbons (Fsp3) is 0.765. The molecule has 1 rings (SSSR count). The molecular formula is C17H28N2O7. The Labute approximate surface area is 153 Å². The first-order valence-electron chi connectivity index (χ1n) is 8.71. The third kappa shape index (κ3) is 7.28. The molecule has 148 valence electrons. The number of nitrogens with zero attached hydrogens (tertiary/aromatic N) is 1. The van der Waals surface area contributed by atoms with Crippen LogP contribution in [0, 0.1) is 0 Å². The van der Waals surface area contributed by atoms with Crippen LogP contribution < -0.4 is 5.32 Å². The average molecular weight is 372 g/mol. The van der Waals surface area contributed by atoms with Crippen molar-refractivity contribution in [2.45, 2.75) is 71.1 Å². The van der Waals surface area contributed by atoms with Gasteiger partial charge in [-0.3, -0.25) is 14.4 Å². The smallest absolute Gasteiger partial charge is 0.408 e. The highest BCUT2D eigenvalue weighted by molar-refractivity contribution is 5.91. The molecule has 0 saturated heterocycles. The molecule has 26 heavy (non-hydrogen) atoms. The Morgan fingerprint density at radius 2 is 1.85 bits per heavy atom. The molecule has 0 unspecified atom stereocenters. The van der Waals surface area contributed by atoms with E-state index in [2.05, 4.69) is 5.32 Å². The first kappa shape index (κ1) is 21.7. The van der Waals surface area contributed by atoms with E-state index in [0.717, 1.165) is 19.3 Å². The van der Waals surface area contributed by atoms with E-state index in [0.29, 0.717) is 0 Å². The second-order valence-electron chi connectivity index (χ2n) is 7.15. The molecule has 1 atom stereocenters. The molecule has 1 fully saturated rings. The minimum Gasteiger partial charge on any atom is -0.481 e. The molecule has 9 heteroatoms. The molecule has 2 N–H and O–H groups in total. The summed E-state index contributed by atoms with van der Waals surface area (Å²) in [6.07, 6.45) is 0.862. The molecular weight excluding hydrogens is 344 g/mol. The Bertz CT molecular complexity index is 538. The van der Waals surface area contributed by atoms with Gasteiger partial charge >= 0.3 is 18.0 Å². The van der Waals surface area contributed by atoms with E-state index in [1.807, 2.05) is 0 Å². The number of carboxylic acid groups (broad SMARTS) is 1. The van der Waals surface area contributed by atoms with Gasteiger partial charge in [0.05, 0.1) is 13.0 Å². The van der Waals surface area contributed by atoms with Crippen molar-refractivity contribution in [1.29, 1.82) is 0 Å². The number of hydrogen-bond donors (Lipinski definition) is 2. The Hall–Kier alpha value is -2.32. The number of rotatable bonds is 8. The summed E-state index contributed by atoms with van der Waals surface area (Å²) in [6.45, 7) is 6.53. The van der Waals surface area contributed by atoms with Crippen LogP contribution in [-0.4, -0.2) is 64.8 Å². The molecule has 0 heterocycles. The van der Waals surface area contributed by atoms with E-state index < -0.39 is 42.0 Å². The summed E-state index contributed by atoms with van der Waals surface area (Å²) in [6, 6.07) is -1.49. The van der Waals surface area contributed by atoms with E-state index in [4.69, 9.17) is 14.6 Å². The molecule has 0 bridgehead atoms. The van der Waals surface area contributed by atoms with E-state index in [1.54, 1.807) is 27.7 Å². The molecule has 1 aliphatic carbocycles. The summed E-state index contributed by atoms with van der Waals surface area (Å²) >= 11 is 0. The van der Waals surface area contributed by atoms with Gasteiger partial charge in [0.15, 0.2) is 0 Å². The number of carbonyl (C=O) groups is 4. The molecule has 0 aromatic heterocycles. The van der Waals surface area contributed by atoms with Gasteiger partial charge in [0, 0.05) is 6.04 Å². The van der Waals surface area contributed by atoms with Gasteiger partial charge in [-0.25, -0.2) is 4.79 Å². The highest BCUT2D eigenvalue weighted by Crippen LogP contribution is 2.25. The maximum absolute atomic E-state index is 12.8. The molecule has 1 saturated carbocycles. The number of aliphatic carboxylic acids is 1. The average Bonchev–Trinajstić information content (AvgIpc) is 2.40. The molecule has 0 aliphatic heterocycles. The van der Waals surface area contributed by atoms with Crippen molar-refractivity contribution < 1.29 is 33.8 Å². The van der Waals surface area contributed by atoms with Crippen LogP contribution in [0.15, 0.2) is 0 Å². The zero-order valence-electron chi connectivity index (χ0n) is 15.7. The lowest BCUT2D eigenvalue weighted by molar-refractivity contribution is -0.153. The second kappa shape index (κ2) is 9.40. The first-order chi connectivity index (χ1) is 12.0. The SMILES string of the molecule is CCOC(=O)CN(C(=O)[C@H](CC(=O)O)NC(=O)OC(C)(C)C)C1CCC1. The van der Waals surface area contributed by atoms with Crippen LogP contribution in [0.5, 0.6) is 0 Å². The molecule has 2 amide bonds. The Morgan fingerprint density at radius 3 is 2.27 bits per heavy atom. The molecule has 0 spiro atoms. The number of alkyl carbamates (subject to hydrolysis) is 1. The predicted octanol–water partition coefficient (Wildman–Crippen LogP) is 1.30. The van der Waals surface area contributed by atoms with E-state index in [-0.39, 0.29) is 19.2 Å². The van der Waals surface area contributed by atoms with Crippen LogP contribution >= 0.6 is 0 Å². The Morgan fingerprint density at radius 1 is 1.23 bits per heavy atom. The molecule has 9 nitrogen and oxygen atoms in total. The van der Waals surface area contributed by atoms with Gasteiger partial charge in [0.1, 0.15) is 18.2 Å². The van der Waals surface area contributed by atoms with Crippen molar-refractivity contribution in [3.63, 3.8) is 0 Å². The van der Waals surface area contributed by atoms with Gasteiger partial charge in [0.2, 0.25) is 5.91 Å². The number of carbonyl (C=O) groups excluding carboxylic acids is 3. The van der Waals surface area contributed by atoms with Crippen molar-refractivity contribution in [2.75, 3.05) is 13.2 Å². The van der Waals surface area contributed by atoms with Gasteiger partial charge < -0.3 is 24.8 Å². The van der Waals surface area contributed by atoms with E-state index in [9.17, 15) is 19.2 Å². The maximum Gasteiger partial charge on any atom is 0.408 e. The van der Waals surface area contributed by atoms with Gasteiger partial charge in [-0.05, 0) is 47.0 Å². The predicted molar refractivity (Wildman–Crippen MR) is 91.4 cm³/mol. The fourth-order valence-corrected chi connectivity index (χ4v) is 2.46. The van der Waals surface area contributed by atoms with Crippen LogP contribution in [0.1, 0.15) is 53.4 Å². The molecule has 0 aromatic carbocycles. The minimum atomic E-state index is -1.32. The van der Waals surface area contributed by atoms with E-state index in [1.165, 1.54) is 4.90 Å². The van der Waals surface area contributed by atoms with Crippen LogP contribution in [0.4, 0.5) is 4.79 Å². The minimum absolute atomic E-state index is 0.163. The zero-order chi connectivity index (χ0) is 19.9. The number of nitrogens with one attached hydrogen (secondary N) is 1. The van der Waals surface area contributed by atoms with E-state index >= 15 is 0 Å². The van der Waals surface area contributed by atoms with Gasteiger partial charge in [-0.15, -0.1) is 0 Å². The van der Waals surface area contributed by atoms with Crippen molar-refractivity contribution >= 4 is 23.9 Å². The number of esters is 1. The van der Waals surface area contributed by atoms with Crippen LogP contribution in [0.25, 0.3) is 0 Å². The fourth-order valence-electron chi connectivity index (χ4n) is 2.46. The molecule has 1 aliphatic rings.